The summed E-state index contributed by atoms with van der Waals surface area (Å²) < 4.78 is 0.806. The number of thioether (sulfide) groups is 2. The van der Waals surface area contributed by atoms with Crippen LogP contribution in [0.5, 0.6) is 0 Å². The van der Waals surface area contributed by atoms with E-state index >= 15 is 0 Å². The molecule has 176 valence electrons. The van der Waals surface area contributed by atoms with Crippen molar-refractivity contribution in [2.24, 2.45) is 0 Å². The van der Waals surface area contributed by atoms with Gasteiger partial charge in [0.15, 0.2) is 0 Å². The molecule has 0 aromatic heterocycles. The molecule has 33 heavy (non-hydrogen) atoms. The molecule has 2 saturated heterocycles. The van der Waals surface area contributed by atoms with E-state index in [1.165, 1.54) is 28.4 Å². The van der Waals surface area contributed by atoms with Crippen LogP contribution in [-0.4, -0.2) is 77.7 Å². The predicted octanol–water partition coefficient (Wildman–Crippen LogP) is 2.45. The van der Waals surface area contributed by atoms with E-state index in [9.17, 15) is 19.5 Å². The number of carboxylic acid groups (broad SMARTS) is 1. The summed E-state index contributed by atoms with van der Waals surface area (Å²) >= 11 is 8.49. The van der Waals surface area contributed by atoms with E-state index in [0.29, 0.717) is 23.9 Å². The van der Waals surface area contributed by atoms with Crippen LogP contribution in [-0.2, 0) is 14.4 Å². The zero-order valence-corrected chi connectivity index (χ0v) is 21.0. The monoisotopic (exact) mass is 506 g/mol. The van der Waals surface area contributed by atoms with Crippen LogP contribution >= 0.6 is 35.7 Å². The molecule has 0 unspecified atom stereocenters. The summed E-state index contributed by atoms with van der Waals surface area (Å²) in [5.74, 6) is -0.715. The van der Waals surface area contributed by atoms with Crippen molar-refractivity contribution in [2.75, 3.05) is 18.3 Å². The van der Waals surface area contributed by atoms with Gasteiger partial charge in [-0.05, 0) is 31.9 Å². The van der Waals surface area contributed by atoms with Gasteiger partial charge in [0.05, 0.1) is 12.5 Å². The fraction of sp³-hybridized carbons (Fsp3) is 0.455. The summed E-state index contributed by atoms with van der Waals surface area (Å²) in [6, 6.07) is 8.31. The van der Waals surface area contributed by atoms with Gasteiger partial charge in [0, 0.05) is 11.8 Å². The van der Waals surface area contributed by atoms with Crippen molar-refractivity contribution in [3.05, 3.63) is 47.2 Å². The van der Waals surface area contributed by atoms with E-state index in [4.69, 9.17) is 12.2 Å². The number of fused-ring (bicyclic) bond motifs is 1. The van der Waals surface area contributed by atoms with E-state index < -0.39 is 23.4 Å². The number of nitrogens with zero attached hydrogens (tertiary/aromatic N) is 3. The van der Waals surface area contributed by atoms with Gasteiger partial charge in [-0.3, -0.25) is 19.4 Å². The van der Waals surface area contributed by atoms with Gasteiger partial charge in [-0.1, -0.05) is 54.3 Å². The molecular formula is C22H26N4O4S3. The van der Waals surface area contributed by atoms with Gasteiger partial charge in [-0.2, -0.15) is 0 Å². The van der Waals surface area contributed by atoms with Crippen LogP contribution in [0.15, 0.2) is 41.6 Å². The van der Waals surface area contributed by atoms with Crippen LogP contribution in [0.2, 0.25) is 0 Å². The molecule has 0 saturated carbocycles. The molecule has 1 aromatic carbocycles. The number of carbonyl (C=O) groups is 3. The number of amides is 2. The first-order valence-corrected chi connectivity index (χ1v) is 13.1. The van der Waals surface area contributed by atoms with Gasteiger partial charge in [0.2, 0.25) is 5.91 Å². The highest BCUT2D eigenvalue weighted by molar-refractivity contribution is 8.22. The number of rotatable bonds is 6. The molecule has 3 aliphatic heterocycles. The summed E-state index contributed by atoms with van der Waals surface area (Å²) in [6.45, 7) is 6.34. The molecule has 2 N–H and O–H groups in total. The third kappa shape index (κ3) is 4.51. The van der Waals surface area contributed by atoms with Crippen LogP contribution in [0.1, 0.15) is 32.4 Å². The fourth-order valence-corrected chi connectivity index (χ4v) is 6.88. The van der Waals surface area contributed by atoms with Crippen LogP contribution < -0.4 is 5.32 Å². The average Bonchev–Trinajstić information content (AvgIpc) is 2.78. The maximum absolute atomic E-state index is 13.6. The number of thiocarbonyl (C=S) groups is 1. The quantitative estimate of drug-likeness (QED) is 0.446. The molecule has 0 aliphatic carbocycles. The van der Waals surface area contributed by atoms with E-state index in [1.807, 2.05) is 35.2 Å². The molecule has 2 amide bonds. The Morgan fingerprint density at radius 1 is 1.24 bits per heavy atom. The Bertz CT molecular complexity index is 1020. The molecule has 0 bridgehead atoms. The molecule has 3 aliphatic rings. The summed E-state index contributed by atoms with van der Waals surface area (Å²) in [4.78, 5) is 43.5. The van der Waals surface area contributed by atoms with Gasteiger partial charge in [0.1, 0.15) is 27.5 Å². The lowest BCUT2D eigenvalue weighted by atomic mass is 10.0. The smallest absolute Gasteiger partial charge is 0.352 e. The maximum Gasteiger partial charge on any atom is 0.352 e. The Morgan fingerprint density at radius 3 is 2.58 bits per heavy atom. The number of nitrogens with one attached hydrogen (secondary N) is 1. The standard InChI is InChI=1S/C22H26N4O4S3/c1-12(2)25-10-24(11-33-22(25)31)17(14-7-5-4-6-8-14)18(27)23-15-19(28)26-16(21(29)30)13(3)9-32-20(15)26/h4-8,12,15,17,20H,9-11H2,1-3H3,(H,23,27)(H,29,30)/t15-,17-,20+/m1/s1. The second kappa shape index (κ2) is 9.65. The largest absolute Gasteiger partial charge is 0.477 e. The van der Waals surface area contributed by atoms with Gasteiger partial charge in [0.25, 0.3) is 5.91 Å². The Kier molecular flexibility index (Phi) is 7.04. The van der Waals surface area contributed by atoms with Crippen LogP contribution in [0.25, 0.3) is 0 Å². The first-order valence-electron chi connectivity index (χ1n) is 10.6. The zero-order chi connectivity index (χ0) is 23.9. The Balaban J connectivity index is 1.56. The highest BCUT2D eigenvalue weighted by atomic mass is 32.2. The normalized spacial score (nSPS) is 24.5. The van der Waals surface area contributed by atoms with Crippen LogP contribution in [0, 0.1) is 0 Å². The number of benzene rings is 1. The topological polar surface area (TPSA) is 93.2 Å². The minimum Gasteiger partial charge on any atom is -0.477 e. The Labute approximate surface area is 206 Å². The number of aliphatic carboxylic acids is 1. The number of hydrogen-bond donors (Lipinski definition) is 2. The number of hydrogen-bond acceptors (Lipinski definition) is 7. The molecule has 8 nitrogen and oxygen atoms in total. The minimum absolute atomic E-state index is 0.0300. The Hall–Kier alpha value is -2.08. The van der Waals surface area contributed by atoms with Crippen LogP contribution in [0.4, 0.5) is 0 Å². The van der Waals surface area contributed by atoms with Crippen molar-refractivity contribution in [3.63, 3.8) is 0 Å². The zero-order valence-electron chi connectivity index (χ0n) is 18.6. The van der Waals surface area contributed by atoms with Crippen molar-refractivity contribution >= 4 is 57.8 Å². The third-order valence-corrected chi connectivity index (χ3v) is 8.89. The molecule has 0 spiro atoms. The van der Waals surface area contributed by atoms with E-state index in [2.05, 4.69) is 24.1 Å². The molecule has 4 rings (SSSR count). The number of carboxylic acids is 1. The lowest BCUT2D eigenvalue weighted by molar-refractivity contribution is -0.151. The summed E-state index contributed by atoms with van der Waals surface area (Å²) in [5.41, 5.74) is 1.51. The molecular weight excluding hydrogens is 480 g/mol. The number of carbonyl (C=O) groups excluding carboxylic acids is 2. The van der Waals surface area contributed by atoms with Gasteiger partial charge >= 0.3 is 5.97 Å². The molecule has 3 heterocycles. The fourth-order valence-electron chi connectivity index (χ4n) is 4.22. The molecule has 3 atom stereocenters. The van der Waals surface area contributed by atoms with Crippen LogP contribution in [0.3, 0.4) is 0 Å². The molecule has 11 heteroatoms. The van der Waals surface area contributed by atoms with E-state index in [1.54, 1.807) is 6.92 Å². The van der Waals surface area contributed by atoms with Gasteiger partial charge in [-0.15, -0.1) is 11.8 Å². The van der Waals surface area contributed by atoms with E-state index in [0.717, 1.165) is 9.88 Å². The molecule has 0 radical (unpaired) electrons. The van der Waals surface area contributed by atoms with Crippen molar-refractivity contribution < 1.29 is 19.5 Å². The van der Waals surface area contributed by atoms with Crippen molar-refractivity contribution in [2.45, 2.75) is 44.3 Å². The summed E-state index contributed by atoms with van der Waals surface area (Å²) in [6.07, 6.45) is 0. The predicted molar refractivity (Wildman–Crippen MR) is 133 cm³/mol. The minimum atomic E-state index is -1.12. The lowest BCUT2D eigenvalue weighted by Gasteiger charge is -2.50. The van der Waals surface area contributed by atoms with Gasteiger partial charge in [-0.25, -0.2) is 4.79 Å². The van der Waals surface area contributed by atoms with Crippen molar-refractivity contribution in [1.82, 2.24) is 20.0 Å². The first-order chi connectivity index (χ1) is 15.7. The highest BCUT2D eigenvalue weighted by Gasteiger charge is 2.54. The number of β-lactam (4-membered cyclic amide) rings is 1. The first kappa shape index (κ1) is 24.1. The van der Waals surface area contributed by atoms with Crippen molar-refractivity contribution in [3.8, 4) is 0 Å². The second-order valence-corrected chi connectivity index (χ2v) is 11.2. The molecule has 2 fully saturated rings. The maximum atomic E-state index is 13.6. The van der Waals surface area contributed by atoms with Gasteiger partial charge < -0.3 is 15.3 Å². The third-order valence-electron chi connectivity index (χ3n) is 5.93. The highest BCUT2D eigenvalue weighted by Crippen LogP contribution is 2.40. The second-order valence-electron chi connectivity index (χ2n) is 8.48. The summed E-state index contributed by atoms with van der Waals surface area (Å²) in [5, 5.41) is 12.1. The molecule has 1 aromatic rings. The summed E-state index contributed by atoms with van der Waals surface area (Å²) in [7, 11) is 0. The van der Waals surface area contributed by atoms with E-state index in [-0.39, 0.29) is 23.6 Å². The Morgan fingerprint density at radius 2 is 1.94 bits per heavy atom. The van der Waals surface area contributed by atoms with Crippen molar-refractivity contribution in [1.29, 1.82) is 0 Å². The SMILES string of the molecule is CC1=C(C(=O)O)N2C(=O)[C@@H](NC(=O)[C@@H](c3ccccc3)N3CSC(=S)N(C(C)C)C3)[C@@H]2SC1. The lowest BCUT2D eigenvalue weighted by Crippen LogP contribution is -2.71. The average molecular weight is 507 g/mol.